The molecule has 1 saturated heterocycles. The summed E-state index contributed by atoms with van der Waals surface area (Å²) in [4.78, 5) is 13.9. The molecule has 1 aliphatic heterocycles. The van der Waals surface area contributed by atoms with Crippen LogP contribution >= 0.6 is 15.9 Å². The minimum absolute atomic E-state index is 0.118. The maximum absolute atomic E-state index is 11.2. The first kappa shape index (κ1) is 21.6. The molecule has 0 spiro atoms. The molecule has 1 N–H and O–H groups in total. The van der Waals surface area contributed by atoms with Crippen LogP contribution in [0.15, 0.2) is 22.7 Å². The molecule has 0 aromatic heterocycles. The lowest BCUT2D eigenvalue weighted by molar-refractivity contribution is -0.119. The lowest BCUT2D eigenvalue weighted by atomic mass is 9.83. The van der Waals surface area contributed by atoms with Gasteiger partial charge in [-0.25, -0.2) is 0 Å². The fourth-order valence-corrected chi connectivity index (χ4v) is 5.22. The number of likely N-dealkylation sites (tertiary alicyclic amines) is 1. The molecule has 0 atom stereocenters. The number of hydrogen-bond donors (Lipinski definition) is 1. The second-order valence-electron chi connectivity index (χ2n) is 8.65. The van der Waals surface area contributed by atoms with Gasteiger partial charge >= 0.3 is 0 Å². The van der Waals surface area contributed by atoms with Crippen molar-refractivity contribution in [2.75, 3.05) is 26.7 Å². The van der Waals surface area contributed by atoms with E-state index in [1.807, 2.05) is 6.07 Å². The molecule has 0 radical (unpaired) electrons. The number of halogens is 1. The van der Waals surface area contributed by atoms with Gasteiger partial charge in [-0.1, -0.05) is 15.9 Å². The van der Waals surface area contributed by atoms with Gasteiger partial charge in [-0.05, 0) is 107 Å². The third-order valence-electron chi connectivity index (χ3n) is 6.58. The van der Waals surface area contributed by atoms with Gasteiger partial charge in [-0.2, -0.15) is 0 Å². The number of nitrogens with zero attached hydrogens (tertiary/aromatic N) is 1. The van der Waals surface area contributed by atoms with Crippen LogP contribution in [-0.2, 0) is 11.2 Å². The highest BCUT2D eigenvalue weighted by atomic mass is 79.9. The van der Waals surface area contributed by atoms with Crippen molar-refractivity contribution in [1.29, 1.82) is 0 Å². The van der Waals surface area contributed by atoms with E-state index in [1.54, 1.807) is 14.0 Å². The zero-order valence-electron chi connectivity index (χ0n) is 17.4. The largest absolute Gasteiger partial charge is 0.497 e. The molecule has 0 unspecified atom stereocenters. The van der Waals surface area contributed by atoms with E-state index in [0.29, 0.717) is 6.04 Å². The predicted octanol–water partition coefficient (Wildman–Crippen LogP) is 4.80. The number of methoxy groups -OCH3 is 1. The molecule has 5 heteroatoms. The first-order chi connectivity index (χ1) is 13.5. The number of amides is 1. The Balaban J connectivity index is 1.35. The highest BCUT2D eigenvalue weighted by molar-refractivity contribution is 9.10. The predicted molar refractivity (Wildman–Crippen MR) is 118 cm³/mol. The third kappa shape index (κ3) is 6.48. The summed E-state index contributed by atoms with van der Waals surface area (Å²) in [5, 5.41) is 3.08. The number of rotatable bonds is 7. The Hall–Kier alpha value is -1.07. The number of ether oxygens (including phenoxy) is 1. The van der Waals surface area contributed by atoms with E-state index in [0.717, 1.165) is 36.8 Å². The summed E-state index contributed by atoms with van der Waals surface area (Å²) in [6.45, 7) is 5.33. The van der Waals surface area contributed by atoms with E-state index in [-0.39, 0.29) is 5.91 Å². The van der Waals surface area contributed by atoms with Crippen molar-refractivity contribution in [2.24, 2.45) is 11.8 Å². The summed E-state index contributed by atoms with van der Waals surface area (Å²) < 4.78 is 6.58. The molecule has 1 amide bonds. The van der Waals surface area contributed by atoms with Crippen molar-refractivity contribution in [3.63, 3.8) is 0 Å². The molecule has 2 aliphatic rings. The van der Waals surface area contributed by atoms with Crippen molar-refractivity contribution >= 4 is 21.8 Å². The lowest BCUT2D eigenvalue weighted by Gasteiger charge is -2.34. The van der Waals surface area contributed by atoms with Crippen LogP contribution in [0.3, 0.4) is 0 Å². The van der Waals surface area contributed by atoms with Crippen LogP contribution in [0.2, 0.25) is 0 Å². The Morgan fingerprint density at radius 1 is 1.14 bits per heavy atom. The average Bonchev–Trinajstić information content (AvgIpc) is 2.70. The highest BCUT2D eigenvalue weighted by Gasteiger charge is 2.24. The first-order valence-electron chi connectivity index (χ1n) is 10.9. The minimum atomic E-state index is 0.118. The molecule has 2 fully saturated rings. The van der Waals surface area contributed by atoms with E-state index in [1.165, 1.54) is 61.8 Å². The van der Waals surface area contributed by atoms with Crippen LogP contribution in [0.4, 0.5) is 0 Å². The molecular weight excluding hydrogens is 416 g/mol. The van der Waals surface area contributed by atoms with Gasteiger partial charge in [-0.3, -0.25) is 4.79 Å². The van der Waals surface area contributed by atoms with E-state index >= 15 is 0 Å². The lowest BCUT2D eigenvalue weighted by Crippen LogP contribution is -2.38. The van der Waals surface area contributed by atoms with Gasteiger partial charge in [0.25, 0.3) is 0 Å². The summed E-state index contributed by atoms with van der Waals surface area (Å²) in [5.41, 5.74) is 1.37. The van der Waals surface area contributed by atoms with Gasteiger partial charge in [0.05, 0.1) is 7.11 Å². The maximum Gasteiger partial charge on any atom is 0.217 e. The molecule has 1 aromatic carbocycles. The van der Waals surface area contributed by atoms with Gasteiger partial charge in [0.2, 0.25) is 5.91 Å². The van der Waals surface area contributed by atoms with Crippen molar-refractivity contribution < 1.29 is 9.53 Å². The zero-order chi connectivity index (χ0) is 19.9. The minimum Gasteiger partial charge on any atom is -0.497 e. The fraction of sp³-hybridized carbons (Fsp3) is 0.696. The van der Waals surface area contributed by atoms with Crippen LogP contribution in [-0.4, -0.2) is 43.6 Å². The SMILES string of the molecule is COc1ccc(Br)c(CC2CCN(CCC3CCC(NC(C)=O)CC3)CC2)c1. The molecule has 3 rings (SSSR count). The Morgan fingerprint density at radius 2 is 1.86 bits per heavy atom. The topological polar surface area (TPSA) is 41.6 Å². The van der Waals surface area contributed by atoms with Crippen molar-refractivity contribution in [2.45, 2.75) is 64.3 Å². The quantitative estimate of drug-likeness (QED) is 0.648. The Kier molecular flexibility index (Phi) is 8.22. The smallest absolute Gasteiger partial charge is 0.217 e. The molecule has 1 heterocycles. The molecule has 1 saturated carbocycles. The van der Waals surface area contributed by atoms with Gasteiger partial charge in [0.1, 0.15) is 5.75 Å². The van der Waals surface area contributed by atoms with E-state index < -0.39 is 0 Å². The first-order valence-corrected chi connectivity index (χ1v) is 11.6. The molecule has 0 bridgehead atoms. The Labute approximate surface area is 178 Å². The third-order valence-corrected chi connectivity index (χ3v) is 7.35. The van der Waals surface area contributed by atoms with E-state index in [9.17, 15) is 4.79 Å². The monoisotopic (exact) mass is 450 g/mol. The fourth-order valence-electron chi connectivity index (χ4n) is 4.81. The highest BCUT2D eigenvalue weighted by Crippen LogP contribution is 2.30. The number of carbonyl (C=O) groups excluding carboxylic acids is 1. The Bertz CT molecular complexity index is 635. The second kappa shape index (κ2) is 10.6. The Morgan fingerprint density at radius 3 is 2.50 bits per heavy atom. The van der Waals surface area contributed by atoms with Crippen LogP contribution in [0.5, 0.6) is 5.75 Å². The van der Waals surface area contributed by atoms with E-state index in [4.69, 9.17) is 4.74 Å². The summed E-state index contributed by atoms with van der Waals surface area (Å²) in [6.07, 6.45) is 9.88. The van der Waals surface area contributed by atoms with Crippen molar-refractivity contribution in [3.05, 3.63) is 28.2 Å². The molecule has 4 nitrogen and oxygen atoms in total. The molecule has 156 valence electrons. The standard InChI is InChI=1S/C23H35BrN2O2/c1-17(27)25-21-5-3-18(4-6-21)9-12-26-13-10-19(11-14-26)15-20-16-22(28-2)7-8-23(20)24/h7-8,16,18-19,21H,3-6,9-15H2,1-2H3,(H,25,27). The van der Waals surface area contributed by atoms with Crippen molar-refractivity contribution in [3.8, 4) is 5.75 Å². The normalized spacial score (nSPS) is 24.1. The van der Waals surface area contributed by atoms with Crippen LogP contribution in [0.1, 0.15) is 57.4 Å². The molecule has 28 heavy (non-hydrogen) atoms. The van der Waals surface area contributed by atoms with Gasteiger partial charge in [0.15, 0.2) is 0 Å². The van der Waals surface area contributed by atoms with Gasteiger partial charge in [-0.15, -0.1) is 0 Å². The van der Waals surface area contributed by atoms with E-state index in [2.05, 4.69) is 38.3 Å². The maximum atomic E-state index is 11.2. The number of hydrogen-bond acceptors (Lipinski definition) is 3. The zero-order valence-corrected chi connectivity index (χ0v) is 19.0. The van der Waals surface area contributed by atoms with Gasteiger partial charge < -0.3 is 15.0 Å². The molecule has 1 aromatic rings. The molecule has 1 aliphatic carbocycles. The van der Waals surface area contributed by atoms with Crippen LogP contribution in [0.25, 0.3) is 0 Å². The molecular formula is C23H35BrN2O2. The summed E-state index contributed by atoms with van der Waals surface area (Å²) in [5.74, 6) is 2.68. The van der Waals surface area contributed by atoms with Crippen LogP contribution < -0.4 is 10.1 Å². The van der Waals surface area contributed by atoms with Crippen LogP contribution in [0, 0.1) is 11.8 Å². The summed E-state index contributed by atoms with van der Waals surface area (Å²) >= 11 is 3.70. The summed E-state index contributed by atoms with van der Waals surface area (Å²) in [7, 11) is 1.73. The van der Waals surface area contributed by atoms with Gasteiger partial charge in [0, 0.05) is 17.4 Å². The number of piperidine rings is 1. The average molecular weight is 451 g/mol. The number of benzene rings is 1. The number of nitrogens with one attached hydrogen (secondary N) is 1. The van der Waals surface area contributed by atoms with Crippen molar-refractivity contribution in [1.82, 2.24) is 10.2 Å². The number of carbonyl (C=O) groups is 1. The second-order valence-corrected chi connectivity index (χ2v) is 9.51. The summed E-state index contributed by atoms with van der Waals surface area (Å²) in [6, 6.07) is 6.71.